The molecule has 152 valence electrons. The SMILES string of the molecule is COc1ccc(-c2cnc3c(N4CCN(Cc5cccnc5)CC4)nccn23)cc1. The molecule has 5 rings (SSSR count). The third-order valence-corrected chi connectivity index (χ3v) is 5.60. The van der Waals surface area contributed by atoms with Gasteiger partial charge in [0.1, 0.15) is 5.75 Å². The lowest BCUT2D eigenvalue weighted by molar-refractivity contribution is 0.249. The Morgan fingerprint density at radius 3 is 2.50 bits per heavy atom. The maximum absolute atomic E-state index is 5.27. The van der Waals surface area contributed by atoms with E-state index in [1.165, 1.54) is 5.56 Å². The van der Waals surface area contributed by atoms with Gasteiger partial charge in [-0.25, -0.2) is 9.97 Å². The second-order valence-electron chi connectivity index (χ2n) is 7.44. The van der Waals surface area contributed by atoms with Gasteiger partial charge in [0.05, 0.1) is 19.0 Å². The van der Waals surface area contributed by atoms with Crippen molar-refractivity contribution in [3.63, 3.8) is 0 Å². The number of fused-ring (bicyclic) bond motifs is 1. The Morgan fingerprint density at radius 1 is 0.933 bits per heavy atom. The fraction of sp³-hybridized carbons (Fsp3) is 0.261. The second kappa shape index (κ2) is 8.12. The van der Waals surface area contributed by atoms with Crippen LogP contribution in [0.5, 0.6) is 5.75 Å². The van der Waals surface area contributed by atoms with Crippen LogP contribution in [0.3, 0.4) is 0 Å². The molecule has 4 heterocycles. The highest BCUT2D eigenvalue weighted by Crippen LogP contribution is 2.27. The quantitative estimate of drug-likeness (QED) is 0.513. The van der Waals surface area contributed by atoms with Crippen LogP contribution in [0.4, 0.5) is 5.82 Å². The molecule has 7 heteroatoms. The third-order valence-electron chi connectivity index (χ3n) is 5.60. The zero-order valence-corrected chi connectivity index (χ0v) is 17.0. The zero-order chi connectivity index (χ0) is 20.3. The molecule has 0 amide bonds. The van der Waals surface area contributed by atoms with Gasteiger partial charge in [0.2, 0.25) is 0 Å². The van der Waals surface area contributed by atoms with Gasteiger partial charge in [-0.15, -0.1) is 0 Å². The highest BCUT2D eigenvalue weighted by molar-refractivity contribution is 5.71. The van der Waals surface area contributed by atoms with E-state index >= 15 is 0 Å². The van der Waals surface area contributed by atoms with Crippen LogP contribution in [0.2, 0.25) is 0 Å². The molecule has 0 aliphatic carbocycles. The predicted octanol–water partition coefficient (Wildman–Crippen LogP) is 3.12. The number of pyridine rings is 1. The summed E-state index contributed by atoms with van der Waals surface area (Å²) in [5.41, 5.74) is 4.29. The van der Waals surface area contributed by atoms with Gasteiger partial charge in [-0.2, -0.15) is 0 Å². The summed E-state index contributed by atoms with van der Waals surface area (Å²) in [7, 11) is 1.68. The Balaban J connectivity index is 1.35. The van der Waals surface area contributed by atoms with E-state index in [1.807, 2.05) is 49.2 Å². The van der Waals surface area contributed by atoms with Crippen LogP contribution in [0.15, 0.2) is 67.4 Å². The molecule has 3 aromatic heterocycles. The largest absolute Gasteiger partial charge is 0.497 e. The first-order chi connectivity index (χ1) is 14.8. The number of ether oxygens (including phenoxy) is 1. The van der Waals surface area contributed by atoms with E-state index in [4.69, 9.17) is 9.72 Å². The van der Waals surface area contributed by atoms with Crippen molar-refractivity contribution in [1.29, 1.82) is 0 Å². The minimum absolute atomic E-state index is 0.846. The summed E-state index contributed by atoms with van der Waals surface area (Å²) < 4.78 is 7.39. The Bertz CT molecular complexity index is 1120. The van der Waals surface area contributed by atoms with Crippen molar-refractivity contribution < 1.29 is 4.74 Å². The molecule has 1 aliphatic heterocycles. The smallest absolute Gasteiger partial charge is 0.180 e. The zero-order valence-electron chi connectivity index (χ0n) is 17.0. The molecule has 7 nitrogen and oxygen atoms in total. The van der Waals surface area contributed by atoms with E-state index in [0.29, 0.717) is 0 Å². The van der Waals surface area contributed by atoms with E-state index < -0.39 is 0 Å². The van der Waals surface area contributed by atoms with Crippen LogP contribution in [0, 0.1) is 0 Å². The lowest BCUT2D eigenvalue weighted by Gasteiger charge is -2.35. The molecule has 0 radical (unpaired) electrons. The summed E-state index contributed by atoms with van der Waals surface area (Å²) >= 11 is 0. The Labute approximate surface area is 175 Å². The Kier molecular flexibility index (Phi) is 5.03. The number of benzene rings is 1. The van der Waals surface area contributed by atoms with Crippen molar-refractivity contribution in [1.82, 2.24) is 24.3 Å². The van der Waals surface area contributed by atoms with Crippen molar-refractivity contribution in [2.24, 2.45) is 0 Å². The number of nitrogens with zero attached hydrogens (tertiary/aromatic N) is 6. The number of aromatic nitrogens is 4. The number of hydrogen-bond acceptors (Lipinski definition) is 6. The number of rotatable bonds is 5. The molecule has 0 N–H and O–H groups in total. The summed E-state index contributed by atoms with van der Waals surface area (Å²) in [6, 6.07) is 12.2. The minimum Gasteiger partial charge on any atom is -0.497 e. The van der Waals surface area contributed by atoms with Gasteiger partial charge in [-0.05, 0) is 35.9 Å². The average Bonchev–Trinajstić information content (AvgIpc) is 3.25. The molecule has 0 atom stereocenters. The topological polar surface area (TPSA) is 58.8 Å². The third kappa shape index (κ3) is 3.59. The summed E-state index contributed by atoms with van der Waals surface area (Å²) in [6.45, 7) is 4.77. The van der Waals surface area contributed by atoms with Crippen LogP contribution >= 0.6 is 0 Å². The molecule has 0 saturated carbocycles. The molecular weight excluding hydrogens is 376 g/mol. The van der Waals surface area contributed by atoms with E-state index in [1.54, 1.807) is 7.11 Å². The van der Waals surface area contributed by atoms with Gasteiger partial charge in [0.15, 0.2) is 11.5 Å². The standard InChI is InChI=1S/C23H24N6O/c1-30-20-6-4-19(5-7-20)21-16-26-23-22(25-9-10-29(21)23)28-13-11-27(12-14-28)17-18-3-2-8-24-15-18/h2-10,15-16H,11-14,17H2,1H3. The summed E-state index contributed by atoms with van der Waals surface area (Å²) in [6.07, 6.45) is 9.52. The molecule has 0 spiro atoms. The average molecular weight is 400 g/mol. The second-order valence-corrected chi connectivity index (χ2v) is 7.44. The molecule has 1 aliphatic rings. The minimum atomic E-state index is 0.846. The molecular formula is C23H24N6O. The monoisotopic (exact) mass is 400 g/mol. The normalized spacial score (nSPS) is 14.9. The molecule has 0 unspecified atom stereocenters. The van der Waals surface area contributed by atoms with Gasteiger partial charge in [0.25, 0.3) is 0 Å². The summed E-state index contributed by atoms with van der Waals surface area (Å²) in [5.74, 6) is 1.79. The van der Waals surface area contributed by atoms with Crippen LogP contribution in [-0.2, 0) is 6.54 Å². The maximum atomic E-state index is 5.27. The van der Waals surface area contributed by atoms with Crippen molar-refractivity contribution in [3.8, 4) is 17.0 Å². The summed E-state index contributed by atoms with van der Waals surface area (Å²) in [4.78, 5) is 18.4. The number of anilines is 1. The predicted molar refractivity (Wildman–Crippen MR) is 117 cm³/mol. The number of imidazole rings is 1. The van der Waals surface area contributed by atoms with Gasteiger partial charge in [-0.1, -0.05) is 6.07 Å². The molecule has 0 bridgehead atoms. The lowest BCUT2D eigenvalue weighted by atomic mass is 10.1. The molecule has 30 heavy (non-hydrogen) atoms. The Hall–Kier alpha value is -3.45. The highest BCUT2D eigenvalue weighted by atomic mass is 16.5. The number of piperazine rings is 1. The maximum Gasteiger partial charge on any atom is 0.180 e. The fourth-order valence-corrected chi connectivity index (χ4v) is 3.97. The highest BCUT2D eigenvalue weighted by Gasteiger charge is 2.21. The number of methoxy groups -OCH3 is 1. The van der Waals surface area contributed by atoms with Crippen LogP contribution in [-0.4, -0.2) is 57.5 Å². The first kappa shape index (κ1) is 18.6. The lowest BCUT2D eigenvalue weighted by Crippen LogP contribution is -2.46. The van der Waals surface area contributed by atoms with Crippen molar-refractivity contribution in [2.75, 3.05) is 38.2 Å². The van der Waals surface area contributed by atoms with Crippen molar-refractivity contribution in [3.05, 3.63) is 72.9 Å². The Morgan fingerprint density at radius 2 is 1.77 bits per heavy atom. The van der Waals surface area contributed by atoms with E-state index in [9.17, 15) is 0 Å². The molecule has 1 fully saturated rings. The van der Waals surface area contributed by atoms with Crippen LogP contribution in [0.1, 0.15) is 5.56 Å². The fourth-order valence-electron chi connectivity index (χ4n) is 3.97. The van der Waals surface area contributed by atoms with Crippen LogP contribution in [0.25, 0.3) is 16.9 Å². The van der Waals surface area contributed by atoms with Gasteiger partial charge >= 0.3 is 0 Å². The van der Waals surface area contributed by atoms with Crippen molar-refractivity contribution in [2.45, 2.75) is 6.54 Å². The van der Waals surface area contributed by atoms with Crippen molar-refractivity contribution >= 4 is 11.5 Å². The first-order valence-electron chi connectivity index (χ1n) is 10.1. The van der Waals surface area contributed by atoms with E-state index in [-0.39, 0.29) is 0 Å². The van der Waals surface area contributed by atoms with Crippen LogP contribution < -0.4 is 9.64 Å². The van der Waals surface area contributed by atoms with Gasteiger partial charge < -0.3 is 9.64 Å². The first-order valence-corrected chi connectivity index (χ1v) is 10.1. The molecule has 4 aromatic rings. The molecule has 1 saturated heterocycles. The van der Waals surface area contributed by atoms with Gasteiger partial charge in [0, 0.05) is 63.1 Å². The molecule has 1 aromatic carbocycles. The summed E-state index contributed by atoms with van der Waals surface area (Å²) in [5, 5.41) is 0. The number of hydrogen-bond donors (Lipinski definition) is 0. The van der Waals surface area contributed by atoms with E-state index in [0.717, 1.165) is 61.2 Å². The van der Waals surface area contributed by atoms with Gasteiger partial charge in [-0.3, -0.25) is 14.3 Å². The van der Waals surface area contributed by atoms with E-state index in [2.05, 4.69) is 42.4 Å².